The molecule has 0 aromatic rings. The molecule has 0 heterocycles. The molecule has 3 heteroatoms. The molecule has 0 aliphatic heterocycles. The average molecular weight is 229 g/mol. The Balaban J connectivity index is 2.24. The van der Waals surface area contributed by atoms with Gasteiger partial charge in [0.1, 0.15) is 0 Å². The molecule has 1 rings (SSSR count). The molecule has 96 valence electrons. The van der Waals surface area contributed by atoms with Gasteiger partial charge < -0.3 is 15.2 Å². The summed E-state index contributed by atoms with van der Waals surface area (Å²) in [4.78, 5) is 0. The minimum Gasteiger partial charge on any atom is -0.389 e. The van der Waals surface area contributed by atoms with E-state index in [1.54, 1.807) is 7.11 Å². The Kier molecular flexibility index (Phi) is 6.32. The largest absolute Gasteiger partial charge is 0.389 e. The minimum absolute atomic E-state index is 0.398. The van der Waals surface area contributed by atoms with Crippen molar-refractivity contribution in [1.29, 1.82) is 0 Å². The molecule has 1 aliphatic rings. The van der Waals surface area contributed by atoms with Gasteiger partial charge in [-0.1, -0.05) is 32.6 Å². The number of aliphatic hydroxyl groups is 1. The van der Waals surface area contributed by atoms with Gasteiger partial charge in [-0.3, -0.25) is 0 Å². The monoisotopic (exact) mass is 229 g/mol. The second-order valence-corrected chi connectivity index (χ2v) is 5.11. The van der Waals surface area contributed by atoms with Crippen LogP contribution < -0.4 is 5.32 Å². The van der Waals surface area contributed by atoms with Crippen LogP contribution in [-0.2, 0) is 4.74 Å². The van der Waals surface area contributed by atoms with Crippen molar-refractivity contribution in [3.05, 3.63) is 0 Å². The van der Waals surface area contributed by atoms with E-state index >= 15 is 0 Å². The normalized spacial score (nSPS) is 21.2. The first kappa shape index (κ1) is 13.9. The highest BCUT2D eigenvalue weighted by molar-refractivity contribution is 4.87. The van der Waals surface area contributed by atoms with Crippen LogP contribution in [0, 0.1) is 0 Å². The summed E-state index contributed by atoms with van der Waals surface area (Å²) in [5, 5.41) is 13.7. The maximum atomic E-state index is 10.2. The highest BCUT2D eigenvalue weighted by atomic mass is 16.5. The molecule has 0 aromatic carbocycles. The van der Waals surface area contributed by atoms with E-state index in [-0.39, 0.29) is 0 Å². The van der Waals surface area contributed by atoms with Gasteiger partial charge in [-0.25, -0.2) is 0 Å². The molecule has 0 bridgehead atoms. The van der Waals surface area contributed by atoms with E-state index in [1.165, 1.54) is 25.7 Å². The minimum atomic E-state index is -0.446. The van der Waals surface area contributed by atoms with Gasteiger partial charge in [0.15, 0.2) is 0 Å². The second kappa shape index (κ2) is 7.25. The topological polar surface area (TPSA) is 41.5 Å². The van der Waals surface area contributed by atoms with Crippen molar-refractivity contribution in [3.63, 3.8) is 0 Å². The van der Waals surface area contributed by atoms with Crippen molar-refractivity contribution in [2.24, 2.45) is 0 Å². The standard InChI is InChI=1S/C13H27NO2/c1-3-4-7-12(10-16-2)14-11-13(15)8-5-6-9-13/h12,14-15H,3-11H2,1-2H3. The van der Waals surface area contributed by atoms with Gasteiger partial charge in [0.25, 0.3) is 0 Å². The van der Waals surface area contributed by atoms with E-state index in [9.17, 15) is 5.11 Å². The van der Waals surface area contributed by atoms with Gasteiger partial charge >= 0.3 is 0 Å². The number of nitrogens with one attached hydrogen (secondary N) is 1. The average Bonchev–Trinajstić information content (AvgIpc) is 2.70. The summed E-state index contributed by atoms with van der Waals surface area (Å²) in [7, 11) is 1.74. The number of rotatable bonds is 8. The van der Waals surface area contributed by atoms with Crippen molar-refractivity contribution in [1.82, 2.24) is 5.32 Å². The zero-order chi connectivity index (χ0) is 11.9. The number of hydrogen-bond acceptors (Lipinski definition) is 3. The van der Waals surface area contributed by atoms with Gasteiger partial charge in [-0.2, -0.15) is 0 Å². The lowest BCUT2D eigenvalue weighted by Gasteiger charge is -2.26. The first-order valence-corrected chi connectivity index (χ1v) is 6.65. The van der Waals surface area contributed by atoms with Gasteiger partial charge in [0.2, 0.25) is 0 Å². The lowest BCUT2D eigenvalue weighted by Crippen LogP contribution is -2.44. The van der Waals surface area contributed by atoms with Crippen LogP contribution in [0.1, 0.15) is 51.9 Å². The molecule has 16 heavy (non-hydrogen) atoms. The summed E-state index contributed by atoms with van der Waals surface area (Å²) in [6, 6.07) is 0.398. The predicted octanol–water partition coefficient (Wildman–Crippen LogP) is 2.09. The molecule has 1 atom stereocenters. The fraction of sp³-hybridized carbons (Fsp3) is 1.00. The van der Waals surface area contributed by atoms with Crippen molar-refractivity contribution >= 4 is 0 Å². The smallest absolute Gasteiger partial charge is 0.0771 e. The highest BCUT2D eigenvalue weighted by Gasteiger charge is 2.31. The maximum Gasteiger partial charge on any atom is 0.0771 e. The summed E-state index contributed by atoms with van der Waals surface area (Å²) >= 11 is 0. The van der Waals surface area contributed by atoms with E-state index in [2.05, 4.69) is 12.2 Å². The van der Waals surface area contributed by atoms with Crippen LogP contribution in [0.4, 0.5) is 0 Å². The summed E-state index contributed by atoms with van der Waals surface area (Å²) in [5.74, 6) is 0. The van der Waals surface area contributed by atoms with E-state index < -0.39 is 5.60 Å². The van der Waals surface area contributed by atoms with Crippen molar-refractivity contribution in [2.75, 3.05) is 20.3 Å². The number of ether oxygens (including phenoxy) is 1. The van der Waals surface area contributed by atoms with E-state index in [0.717, 1.165) is 32.4 Å². The van der Waals surface area contributed by atoms with Gasteiger partial charge in [-0.05, 0) is 19.3 Å². The van der Waals surface area contributed by atoms with Gasteiger partial charge in [-0.15, -0.1) is 0 Å². The third-order valence-corrected chi connectivity index (χ3v) is 3.53. The van der Waals surface area contributed by atoms with Crippen LogP contribution in [0.15, 0.2) is 0 Å². The third-order valence-electron chi connectivity index (χ3n) is 3.53. The van der Waals surface area contributed by atoms with Crippen molar-refractivity contribution in [2.45, 2.75) is 63.5 Å². The second-order valence-electron chi connectivity index (χ2n) is 5.11. The van der Waals surface area contributed by atoms with Crippen LogP contribution in [0.5, 0.6) is 0 Å². The molecular weight excluding hydrogens is 202 g/mol. The highest BCUT2D eigenvalue weighted by Crippen LogP contribution is 2.28. The Morgan fingerprint density at radius 2 is 2.06 bits per heavy atom. The molecule has 1 aliphatic carbocycles. The van der Waals surface area contributed by atoms with Crippen molar-refractivity contribution in [3.8, 4) is 0 Å². The molecule has 2 N–H and O–H groups in total. The molecule has 0 saturated heterocycles. The van der Waals surface area contributed by atoms with E-state index in [0.29, 0.717) is 6.04 Å². The first-order valence-electron chi connectivity index (χ1n) is 6.65. The Bertz CT molecular complexity index is 179. The van der Waals surface area contributed by atoms with Crippen LogP contribution in [-0.4, -0.2) is 37.0 Å². The zero-order valence-electron chi connectivity index (χ0n) is 10.8. The summed E-state index contributed by atoms with van der Waals surface area (Å²) in [6.45, 7) is 3.68. The Labute approximate surface area is 99.6 Å². The van der Waals surface area contributed by atoms with E-state index in [4.69, 9.17) is 4.74 Å². The SMILES string of the molecule is CCCCC(COC)NCC1(O)CCCC1. The van der Waals surface area contributed by atoms with E-state index in [1.807, 2.05) is 0 Å². The third kappa shape index (κ3) is 4.81. The molecule has 1 fully saturated rings. The molecule has 1 unspecified atom stereocenters. The van der Waals surface area contributed by atoms with Crippen LogP contribution >= 0.6 is 0 Å². The molecular formula is C13H27NO2. The maximum absolute atomic E-state index is 10.2. The summed E-state index contributed by atoms with van der Waals surface area (Å²) in [5.41, 5.74) is -0.446. The molecule has 0 radical (unpaired) electrons. The molecule has 1 saturated carbocycles. The van der Waals surface area contributed by atoms with Gasteiger partial charge in [0, 0.05) is 19.7 Å². The zero-order valence-corrected chi connectivity index (χ0v) is 10.8. The molecule has 0 spiro atoms. The Hall–Kier alpha value is -0.120. The summed E-state index contributed by atoms with van der Waals surface area (Å²) < 4.78 is 5.21. The quantitative estimate of drug-likeness (QED) is 0.669. The molecule has 0 aromatic heterocycles. The van der Waals surface area contributed by atoms with Crippen LogP contribution in [0.2, 0.25) is 0 Å². The fourth-order valence-corrected chi connectivity index (χ4v) is 2.44. The van der Waals surface area contributed by atoms with Crippen LogP contribution in [0.25, 0.3) is 0 Å². The van der Waals surface area contributed by atoms with Crippen molar-refractivity contribution < 1.29 is 9.84 Å². The summed E-state index contributed by atoms with van der Waals surface area (Å²) in [6.07, 6.45) is 7.82. The number of methoxy groups -OCH3 is 1. The van der Waals surface area contributed by atoms with Crippen LogP contribution in [0.3, 0.4) is 0 Å². The number of unbranched alkanes of at least 4 members (excludes halogenated alkanes) is 1. The molecule has 0 amide bonds. The number of hydrogen-bond donors (Lipinski definition) is 2. The van der Waals surface area contributed by atoms with Gasteiger partial charge in [0.05, 0.1) is 12.2 Å². The lowest BCUT2D eigenvalue weighted by atomic mass is 10.0. The first-order chi connectivity index (χ1) is 7.70. The Morgan fingerprint density at radius 1 is 1.38 bits per heavy atom. The Morgan fingerprint density at radius 3 is 2.62 bits per heavy atom. The predicted molar refractivity (Wildman–Crippen MR) is 66.6 cm³/mol. The lowest BCUT2D eigenvalue weighted by molar-refractivity contribution is 0.0399. The fourth-order valence-electron chi connectivity index (χ4n) is 2.44. The molecule has 3 nitrogen and oxygen atoms in total.